The van der Waals surface area contributed by atoms with Crippen molar-refractivity contribution < 1.29 is 13.9 Å². The molecule has 0 bridgehead atoms. The zero-order valence-electron chi connectivity index (χ0n) is 14.1. The van der Waals surface area contributed by atoms with E-state index in [2.05, 4.69) is 10.3 Å². The second-order valence-electron chi connectivity index (χ2n) is 7.20. The van der Waals surface area contributed by atoms with Gasteiger partial charge in [-0.1, -0.05) is 11.6 Å². The fourth-order valence-corrected chi connectivity index (χ4v) is 2.99. The lowest BCUT2D eigenvalue weighted by molar-refractivity contribution is 0.0522. The fourth-order valence-electron chi connectivity index (χ4n) is 2.62. The first-order valence-electron chi connectivity index (χ1n) is 7.95. The van der Waals surface area contributed by atoms with Gasteiger partial charge in [-0.25, -0.2) is 4.79 Å². The summed E-state index contributed by atoms with van der Waals surface area (Å²) >= 11 is 6.46. The first-order valence-corrected chi connectivity index (χ1v) is 8.32. The van der Waals surface area contributed by atoms with Gasteiger partial charge in [-0.3, -0.25) is 4.98 Å². The molecule has 5 nitrogen and oxygen atoms in total. The Balaban J connectivity index is 1.70. The van der Waals surface area contributed by atoms with Crippen molar-refractivity contribution in [2.24, 2.45) is 0 Å². The molecular weight excluding hydrogens is 328 g/mol. The number of halogens is 1. The first-order chi connectivity index (χ1) is 11.3. The van der Waals surface area contributed by atoms with Crippen molar-refractivity contribution in [2.75, 3.05) is 6.54 Å². The van der Waals surface area contributed by atoms with Crippen LogP contribution in [0.4, 0.5) is 4.79 Å². The molecule has 1 saturated carbocycles. The maximum Gasteiger partial charge on any atom is 0.407 e. The zero-order chi connectivity index (χ0) is 17.4. The molecule has 1 aliphatic rings. The SMILES string of the molecule is CC(C)(C)OC(=O)NCC1(c2ncc(-c3ccoc3)cc2Cl)CC1. The Hall–Kier alpha value is -2.01. The van der Waals surface area contributed by atoms with Crippen LogP contribution >= 0.6 is 11.6 Å². The molecule has 0 aromatic carbocycles. The molecule has 1 amide bonds. The van der Waals surface area contributed by atoms with Crippen LogP contribution in [0.5, 0.6) is 0 Å². The highest BCUT2D eigenvalue weighted by molar-refractivity contribution is 6.31. The Morgan fingerprint density at radius 1 is 1.42 bits per heavy atom. The number of hydrogen-bond acceptors (Lipinski definition) is 4. The molecule has 1 fully saturated rings. The van der Waals surface area contributed by atoms with Gasteiger partial charge in [0.05, 0.1) is 23.2 Å². The highest BCUT2D eigenvalue weighted by atomic mass is 35.5. The van der Waals surface area contributed by atoms with E-state index in [0.29, 0.717) is 11.6 Å². The number of nitrogens with zero attached hydrogens (tertiary/aromatic N) is 1. The van der Waals surface area contributed by atoms with Gasteiger partial charge in [0.25, 0.3) is 0 Å². The summed E-state index contributed by atoms with van der Waals surface area (Å²) in [5.41, 5.74) is 1.97. The van der Waals surface area contributed by atoms with E-state index in [4.69, 9.17) is 20.8 Å². The second kappa shape index (κ2) is 6.13. The Labute approximate surface area is 146 Å². The molecule has 0 atom stereocenters. The van der Waals surface area contributed by atoms with Crippen molar-refractivity contribution in [3.63, 3.8) is 0 Å². The minimum Gasteiger partial charge on any atom is -0.472 e. The predicted molar refractivity (Wildman–Crippen MR) is 92.1 cm³/mol. The smallest absolute Gasteiger partial charge is 0.407 e. The Morgan fingerprint density at radius 3 is 2.71 bits per heavy atom. The third-order valence-corrected chi connectivity index (χ3v) is 4.31. The third-order valence-electron chi connectivity index (χ3n) is 4.02. The standard InChI is InChI=1S/C18H21ClN2O3/c1-17(2,3)24-16(22)21-11-18(5-6-18)15-14(19)8-13(9-20-15)12-4-7-23-10-12/h4,7-10H,5-6,11H2,1-3H3,(H,21,22). The highest BCUT2D eigenvalue weighted by Gasteiger charge is 2.47. The quantitative estimate of drug-likeness (QED) is 0.880. The molecule has 2 aromatic heterocycles. The summed E-state index contributed by atoms with van der Waals surface area (Å²) in [5.74, 6) is 0. The molecule has 128 valence electrons. The zero-order valence-corrected chi connectivity index (χ0v) is 14.8. The van der Waals surface area contributed by atoms with E-state index < -0.39 is 11.7 Å². The third kappa shape index (κ3) is 3.73. The van der Waals surface area contributed by atoms with Crippen LogP contribution in [0.15, 0.2) is 35.3 Å². The van der Waals surface area contributed by atoms with Gasteiger partial charge in [-0.15, -0.1) is 0 Å². The summed E-state index contributed by atoms with van der Waals surface area (Å²) in [6.45, 7) is 5.99. The van der Waals surface area contributed by atoms with E-state index in [9.17, 15) is 4.79 Å². The van der Waals surface area contributed by atoms with Gasteiger partial charge in [0, 0.05) is 29.3 Å². The molecule has 0 aliphatic heterocycles. The number of alkyl carbamates (subject to hydrolysis) is 1. The van der Waals surface area contributed by atoms with Crippen LogP contribution < -0.4 is 5.32 Å². The van der Waals surface area contributed by atoms with Crippen molar-refractivity contribution >= 4 is 17.7 Å². The van der Waals surface area contributed by atoms with Gasteiger partial charge in [0.2, 0.25) is 0 Å². The van der Waals surface area contributed by atoms with Crippen LogP contribution in [-0.2, 0) is 10.2 Å². The van der Waals surface area contributed by atoms with Gasteiger partial charge in [-0.2, -0.15) is 0 Å². The average Bonchev–Trinajstić information content (AvgIpc) is 3.06. The van der Waals surface area contributed by atoms with E-state index >= 15 is 0 Å². The normalized spacial score (nSPS) is 15.8. The topological polar surface area (TPSA) is 64.4 Å². The maximum absolute atomic E-state index is 11.9. The van der Waals surface area contributed by atoms with E-state index in [1.807, 2.05) is 32.9 Å². The van der Waals surface area contributed by atoms with Gasteiger partial charge >= 0.3 is 6.09 Å². The van der Waals surface area contributed by atoms with Gasteiger partial charge in [0.15, 0.2) is 0 Å². The number of hydrogen-bond donors (Lipinski definition) is 1. The number of pyridine rings is 1. The van der Waals surface area contributed by atoms with Crippen LogP contribution in [0.25, 0.3) is 11.1 Å². The van der Waals surface area contributed by atoms with Gasteiger partial charge < -0.3 is 14.5 Å². The molecule has 1 N–H and O–H groups in total. The molecular formula is C18H21ClN2O3. The fraction of sp³-hybridized carbons (Fsp3) is 0.444. The summed E-state index contributed by atoms with van der Waals surface area (Å²) in [6, 6.07) is 3.76. The largest absolute Gasteiger partial charge is 0.472 e. The number of ether oxygens (including phenoxy) is 1. The predicted octanol–water partition coefficient (Wildman–Crippen LogP) is 4.55. The van der Waals surface area contributed by atoms with Crippen molar-refractivity contribution in [1.29, 1.82) is 0 Å². The van der Waals surface area contributed by atoms with Crippen LogP contribution in [-0.4, -0.2) is 23.2 Å². The lowest BCUT2D eigenvalue weighted by atomic mass is 10.0. The van der Waals surface area contributed by atoms with Crippen LogP contribution in [0.2, 0.25) is 5.02 Å². The van der Waals surface area contributed by atoms with Crippen molar-refractivity contribution in [3.05, 3.63) is 41.6 Å². The minimum atomic E-state index is -0.511. The lowest BCUT2D eigenvalue weighted by Gasteiger charge is -2.22. The number of amides is 1. The summed E-state index contributed by atoms with van der Waals surface area (Å²) in [7, 11) is 0. The van der Waals surface area contributed by atoms with Crippen LogP contribution in [0.3, 0.4) is 0 Å². The molecule has 0 unspecified atom stereocenters. The molecule has 3 rings (SSSR count). The number of aromatic nitrogens is 1. The summed E-state index contributed by atoms with van der Waals surface area (Å²) in [5, 5.41) is 3.44. The van der Waals surface area contributed by atoms with E-state index in [0.717, 1.165) is 29.7 Å². The molecule has 0 saturated heterocycles. The summed E-state index contributed by atoms with van der Waals surface area (Å²) < 4.78 is 10.4. The van der Waals surface area contributed by atoms with Crippen molar-refractivity contribution in [3.8, 4) is 11.1 Å². The summed E-state index contributed by atoms with van der Waals surface area (Å²) in [6.07, 6.45) is 6.54. The molecule has 0 radical (unpaired) electrons. The van der Waals surface area contributed by atoms with Crippen LogP contribution in [0, 0.1) is 0 Å². The van der Waals surface area contributed by atoms with Crippen LogP contribution in [0.1, 0.15) is 39.3 Å². The molecule has 1 aliphatic carbocycles. The summed E-state index contributed by atoms with van der Waals surface area (Å²) in [4.78, 5) is 16.4. The average molecular weight is 349 g/mol. The number of carbonyl (C=O) groups is 1. The monoisotopic (exact) mass is 348 g/mol. The molecule has 2 heterocycles. The second-order valence-corrected chi connectivity index (χ2v) is 7.61. The molecule has 24 heavy (non-hydrogen) atoms. The van der Waals surface area contributed by atoms with Gasteiger partial charge in [0.1, 0.15) is 5.60 Å². The van der Waals surface area contributed by atoms with E-state index in [1.54, 1.807) is 18.7 Å². The molecule has 2 aromatic rings. The Morgan fingerprint density at radius 2 is 2.17 bits per heavy atom. The number of rotatable bonds is 4. The minimum absolute atomic E-state index is 0.192. The molecule has 6 heteroatoms. The number of carbonyl (C=O) groups excluding carboxylic acids is 1. The van der Waals surface area contributed by atoms with Crippen molar-refractivity contribution in [1.82, 2.24) is 10.3 Å². The highest BCUT2D eigenvalue weighted by Crippen LogP contribution is 2.49. The van der Waals surface area contributed by atoms with Crippen molar-refractivity contribution in [2.45, 2.75) is 44.6 Å². The Kier molecular flexibility index (Phi) is 4.30. The van der Waals surface area contributed by atoms with E-state index in [-0.39, 0.29) is 5.41 Å². The lowest BCUT2D eigenvalue weighted by Crippen LogP contribution is -2.37. The number of furan rings is 1. The molecule has 0 spiro atoms. The number of nitrogens with one attached hydrogen (secondary N) is 1. The van der Waals surface area contributed by atoms with E-state index in [1.165, 1.54) is 0 Å². The van der Waals surface area contributed by atoms with Gasteiger partial charge in [-0.05, 0) is 45.7 Å². The first kappa shape index (κ1) is 16.8. The maximum atomic E-state index is 11.9. The Bertz CT molecular complexity index is 731.